The summed E-state index contributed by atoms with van der Waals surface area (Å²) in [4.78, 5) is 0. The Labute approximate surface area is 59.0 Å². The van der Waals surface area contributed by atoms with Gasteiger partial charge in [-0.1, -0.05) is 12.7 Å². The zero-order chi connectivity index (χ0) is 7.40. The van der Waals surface area contributed by atoms with Crippen LogP contribution in [0.1, 0.15) is 18.3 Å². The molecule has 3 nitrogen and oxygen atoms in total. The maximum Gasteiger partial charge on any atom is 0.134 e. The summed E-state index contributed by atoms with van der Waals surface area (Å²) in [6.07, 6.45) is 5.28. The van der Waals surface area contributed by atoms with Gasteiger partial charge in [0.25, 0.3) is 0 Å². The van der Waals surface area contributed by atoms with Crippen molar-refractivity contribution in [2.24, 2.45) is 0 Å². The fourth-order valence-electron chi connectivity index (χ4n) is 0.617. The van der Waals surface area contributed by atoms with E-state index in [0.29, 0.717) is 5.69 Å². The van der Waals surface area contributed by atoms with E-state index in [2.05, 4.69) is 21.5 Å². The highest BCUT2D eigenvalue weighted by atomic mass is 16.6. The van der Waals surface area contributed by atoms with Crippen LogP contribution >= 0.6 is 0 Å². The molecule has 0 amide bonds. The van der Waals surface area contributed by atoms with Gasteiger partial charge in [-0.2, -0.15) is 0 Å². The highest BCUT2D eigenvalue weighted by Gasteiger charge is 1.99. The summed E-state index contributed by atoms with van der Waals surface area (Å²) in [6, 6.07) is 0. The van der Waals surface area contributed by atoms with E-state index in [0.717, 1.165) is 5.69 Å². The summed E-state index contributed by atoms with van der Waals surface area (Å²) in [5.74, 6) is 0. The fraction of sp³-hybridized carbons (Fsp3) is 0.143. The molecule has 0 aliphatic heterocycles. The van der Waals surface area contributed by atoms with Gasteiger partial charge in [0.15, 0.2) is 0 Å². The highest BCUT2D eigenvalue weighted by Crippen LogP contribution is 2.05. The van der Waals surface area contributed by atoms with Gasteiger partial charge in [-0.15, -0.1) is 0 Å². The first kappa shape index (κ1) is 6.74. The molecular weight excluding hydrogens is 128 g/mol. The smallest absolute Gasteiger partial charge is 0.134 e. The fourth-order valence-corrected chi connectivity index (χ4v) is 0.617. The number of nitrogens with zero attached hydrogens (tertiary/aromatic N) is 2. The number of hydrogen-bond donors (Lipinski definition) is 0. The maximum absolute atomic E-state index is 4.47. The zero-order valence-corrected chi connectivity index (χ0v) is 5.74. The molecule has 0 aliphatic rings. The summed E-state index contributed by atoms with van der Waals surface area (Å²) < 4.78 is 4.47. The molecule has 3 heteroatoms. The van der Waals surface area contributed by atoms with Gasteiger partial charge in [-0.25, -0.2) is 4.63 Å². The van der Waals surface area contributed by atoms with Gasteiger partial charge in [-0.05, 0) is 29.4 Å². The Balaban J connectivity index is 3.00. The van der Waals surface area contributed by atoms with Crippen molar-refractivity contribution in [1.82, 2.24) is 10.3 Å². The van der Waals surface area contributed by atoms with Crippen LogP contribution in [0.2, 0.25) is 0 Å². The van der Waals surface area contributed by atoms with Crippen molar-refractivity contribution in [2.75, 3.05) is 0 Å². The summed E-state index contributed by atoms with van der Waals surface area (Å²) in [6.45, 7) is 5.45. The molecule has 0 radical (unpaired) electrons. The number of hydrogen-bond acceptors (Lipinski definition) is 3. The summed E-state index contributed by atoms with van der Waals surface area (Å²) in [5, 5.41) is 7.23. The van der Waals surface area contributed by atoms with E-state index in [1.165, 1.54) is 0 Å². The molecule has 0 bridgehead atoms. The number of rotatable bonds is 2. The van der Waals surface area contributed by atoms with E-state index in [1.54, 1.807) is 6.08 Å². The molecule has 0 fully saturated rings. The Bertz CT molecular complexity index is 250. The third kappa shape index (κ3) is 1.13. The largest absolute Gasteiger partial charge is 0.243 e. The van der Waals surface area contributed by atoms with Crippen LogP contribution in [0.25, 0.3) is 12.2 Å². The van der Waals surface area contributed by atoms with E-state index in [9.17, 15) is 0 Å². The van der Waals surface area contributed by atoms with Gasteiger partial charge in [0.1, 0.15) is 11.4 Å². The predicted octanol–water partition coefficient (Wildman–Crippen LogP) is 1.75. The molecule has 0 saturated heterocycles. The first-order valence-electron chi connectivity index (χ1n) is 2.96. The van der Waals surface area contributed by atoms with Crippen molar-refractivity contribution in [2.45, 2.75) is 6.92 Å². The van der Waals surface area contributed by atoms with Crippen LogP contribution in [0.4, 0.5) is 0 Å². The predicted molar refractivity (Wildman–Crippen MR) is 39.1 cm³/mol. The Morgan fingerprint density at radius 2 is 2.10 bits per heavy atom. The lowest BCUT2D eigenvalue weighted by Gasteiger charge is -1.79. The molecule has 0 spiro atoms. The second kappa shape index (κ2) is 2.96. The second-order valence-electron chi connectivity index (χ2n) is 1.74. The normalized spacial score (nSPS) is 10.5. The van der Waals surface area contributed by atoms with Crippen molar-refractivity contribution in [3.63, 3.8) is 0 Å². The van der Waals surface area contributed by atoms with Crippen molar-refractivity contribution in [3.05, 3.63) is 24.0 Å². The minimum atomic E-state index is 0.679. The van der Waals surface area contributed by atoms with E-state index >= 15 is 0 Å². The topological polar surface area (TPSA) is 38.9 Å². The first-order chi connectivity index (χ1) is 4.88. The van der Waals surface area contributed by atoms with Crippen LogP contribution < -0.4 is 0 Å². The second-order valence-corrected chi connectivity index (χ2v) is 1.74. The van der Waals surface area contributed by atoms with Crippen molar-refractivity contribution in [3.8, 4) is 0 Å². The average Bonchev–Trinajstić information content (AvgIpc) is 2.36. The SMILES string of the molecule is C=Cc1nonc1/C=C\C. The van der Waals surface area contributed by atoms with Crippen LogP contribution in [0.15, 0.2) is 17.3 Å². The quantitative estimate of drug-likeness (QED) is 0.621. The van der Waals surface area contributed by atoms with E-state index in [-0.39, 0.29) is 0 Å². The van der Waals surface area contributed by atoms with Gasteiger partial charge in [0.2, 0.25) is 0 Å². The molecule has 0 unspecified atom stereocenters. The molecule has 52 valence electrons. The van der Waals surface area contributed by atoms with Gasteiger partial charge in [0.05, 0.1) is 0 Å². The molecule has 0 N–H and O–H groups in total. The Morgan fingerprint density at radius 1 is 1.40 bits per heavy atom. The van der Waals surface area contributed by atoms with Gasteiger partial charge in [-0.3, -0.25) is 0 Å². The van der Waals surface area contributed by atoms with Gasteiger partial charge >= 0.3 is 0 Å². The molecule has 1 aromatic heterocycles. The monoisotopic (exact) mass is 136 g/mol. The average molecular weight is 136 g/mol. The van der Waals surface area contributed by atoms with Crippen LogP contribution in [-0.4, -0.2) is 10.3 Å². The van der Waals surface area contributed by atoms with Crippen LogP contribution in [0.3, 0.4) is 0 Å². The van der Waals surface area contributed by atoms with Crippen molar-refractivity contribution in [1.29, 1.82) is 0 Å². The maximum atomic E-state index is 4.47. The molecule has 1 rings (SSSR count). The third-order valence-corrected chi connectivity index (χ3v) is 1.06. The summed E-state index contributed by atoms with van der Waals surface area (Å²) in [7, 11) is 0. The zero-order valence-electron chi connectivity index (χ0n) is 5.74. The molecule has 1 aromatic rings. The standard InChI is InChI=1S/C7H8N2O/c1-3-5-7-6(4-2)8-10-9-7/h3-5H,2H2,1H3/b5-3-. The number of allylic oxidation sites excluding steroid dienone is 1. The Morgan fingerprint density at radius 3 is 2.70 bits per heavy atom. The van der Waals surface area contributed by atoms with Crippen LogP contribution in [0.5, 0.6) is 0 Å². The lowest BCUT2D eigenvalue weighted by molar-refractivity contribution is 0.305. The molecule has 0 saturated carbocycles. The Kier molecular flexibility index (Phi) is 1.99. The lowest BCUT2D eigenvalue weighted by atomic mass is 10.3. The molecular formula is C7H8N2O. The molecule has 0 aromatic carbocycles. The molecule has 10 heavy (non-hydrogen) atoms. The molecule has 1 heterocycles. The van der Waals surface area contributed by atoms with Crippen molar-refractivity contribution >= 4 is 12.2 Å². The summed E-state index contributed by atoms with van der Waals surface area (Å²) >= 11 is 0. The third-order valence-electron chi connectivity index (χ3n) is 1.06. The minimum absolute atomic E-state index is 0.679. The van der Waals surface area contributed by atoms with Gasteiger partial charge in [0, 0.05) is 0 Å². The van der Waals surface area contributed by atoms with Gasteiger partial charge < -0.3 is 0 Å². The minimum Gasteiger partial charge on any atom is -0.243 e. The first-order valence-corrected chi connectivity index (χ1v) is 2.96. The van der Waals surface area contributed by atoms with Crippen LogP contribution in [0, 0.1) is 0 Å². The molecule has 0 aliphatic carbocycles. The molecule has 0 atom stereocenters. The van der Waals surface area contributed by atoms with E-state index < -0.39 is 0 Å². The van der Waals surface area contributed by atoms with E-state index in [4.69, 9.17) is 0 Å². The van der Waals surface area contributed by atoms with Crippen LogP contribution in [-0.2, 0) is 0 Å². The lowest BCUT2D eigenvalue weighted by Crippen LogP contribution is -1.74. The highest BCUT2D eigenvalue weighted by molar-refractivity contribution is 5.56. The van der Waals surface area contributed by atoms with E-state index in [1.807, 2.05) is 19.1 Å². The number of aromatic nitrogens is 2. The summed E-state index contributed by atoms with van der Waals surface area (Å²) in [5.41, 5.74) is 1.40. The Hall–Kier alpha value is -1.38. The van der Waals surface area contributed by atoms with Crippen molar-refractivity contribution < 1.29 is 4.63 Å².